The molecule has 0 spiro atoms. The van der Waals surface area contributed by atoms with E-state index in [1.54, 1.807) is 24.7 Å². The van der Waals surface area contributed by atoms with Crippen molar-refractivity contribution < 1.29 is 0 Å². The third-order valence-corrected chi connectivity index (χ3v) is 5.56. The molecule has 6 aromatic rings. The second kappa shape index (κ2) is 6.76. The van der Waals surface area contributed by atoms with Gasteiger partial charge >= 0.3 is 0 Å². The Labute approximate surface area is 182 Å². The van der Waals surface area contributed by atoms with E-state index >= 15 is 0 Å². The molecule has 148 valence electrons. The van der Waals surface area contributed by atoms with Gasteiger partial charge in [0.1, 0.15) is 11.9 Å². The van der Waals surface area contributed by atoms with Crippen LogP contribution in [-0.2, 0) is 0 Å². The molecule has 0 aliphatic rings. The van der Waals surface area contributed by atoms with Gasteiger partial charge in [0.25, 0.3) is 0 Å². The number of nitrogens with zero attached hydrogens (tertiary/aromatic N) is 7. The summed E-state index contributed by atoms with van der Waals surface area (Å²) in [5, 5.41) is 18.9. The van der Waals surface area contributed by atoms with Gasteiger partial charge in [0, 0.05) is 24.2 Å². The first-order chi connectivity index (χ1) is 15.8. The highest BCUT2D eigenvalue weighted by atomic mass is 15.2. The Morgan fingerprint density at radius 3 is 2.59 bits per heavy atom. The predicted octanol–water partition coefficient (Wildman–Crippen LogP) is 4.63. The molecule has 4 aromatic heterocycles. The molecule has 0 saturated carbocycles. The molecular formula is C25H13N7. The van der Waals surface area contributed by atoms with Crippen LogP contribution >= 0.6 is 0 Å². The second-order valence-corrected chi connectivity index (χ2v) is 7.32. The minimum absolute atomic E-state index is 0.498. The summed E-state index contributed by atoms with van der Waals surface area (Å²) in [7, 11) is 0. The molecule has 0 bridgehead atoms. The largest absolute Gasteiger partial charge is 0.276 e. The van der Waals surface area contributed by atoms with Crippen molar-refractivity contribution in [3.8, 4) is 29.1 Å². The molecule has 0 aliphatic carbocycles. The van der Waals surface area contributed by atoms with Gasteiger partial charge < -0.3 is 0 Å². The van der Waals surface area contributed by atoms with E-state index in [2.05, 4.69) is 22.1 Å². The third kappa shape index (κ3) is 2.49. The van der Waals surface area contributed by atoms with Crippen LogP contribution < -0.4 is 0 Å². The molecule has 2 aromatic carbocycles. The first kappa shape index (κ1) is 17.8. The van der Waals surface area contributed by atoms with Crippen LogP contribution in [0, 0.1) is 22.7 Å². The van der Waals surface area contributed by atoms with Gasteiger partial charge in [0.15, 0.2) is 0 Å². The Bertz CT molecular complexity index is 1760. The van der Waals surface area contributed by atoms with Gasteiger partial charge in [-0.15, -0.1) is 0 Å². The van der Waals surface area contributed by atoms with Gasteiger partial charge in [0.2, 0.25) is 5.78 Å². The fourth-order valence-corrected chi connectivity index (χ4v) is 4.14. The molecule has 7 heteroatoms. The number of aromatic nitrogens is 5. The smallest absolute Gasteiger partial charge is 0.221 e. The van der Waals surface area contributed by atoms with Crippen LogP contribution in [0.25, 0.3) is 44.8 Å². The summed E-state index contributed by atoms with van der Waals surface area (Å²) >= 11 is 0. The Morgan fingerprint density at radius 1 is 0.812 bits per heavy atom. The summed E-state index contributed by atoms with van der Waals surface area (Å²) in [5.41, 5.74) is 6.30. The second-order valence-electron chi connectivity index (χ2n) is 7.32. The van der Waals surface area contributed by atoms with E-state index in [-0.39, 0.29) is 0 Å². The lowest BCUT2D eigenvalue weighted by molar-refractivity contribution is 1.04. The summed E-state index contributed by atoms with van der Waals surface area (Å²) in [6.45, 7) is 0. The maximum atomic E-state index is 9.50. The Kier molecular flexibility index (Phi) is 3.76. The van der Waals surface area contributed by atoms with Crippen molar-refractivity contribution in [2.75, 3.05) is 0 Å². The van der Waals surface area contributed by atoms with Gasteiger partial charge in [-0.1, -0.05) is 12.1 Å². The van der Waals surface area contributed by atoms with Crippen LogP contribution in [0.1, 0.15) is 11.1 Å². The Hall–Kier alpha value is -5.01. The van der Waals surface area contributed by atoms with E-state index < -0.39 is 0 Å². The number of nitriles is 2. The van der Waals surface area contributed by atoms with Crippen LogP contribution in [-0.4, -0.2) is 23.9 Å². The number of hydrogen-bond acceptors (Lipinski definition) is 5. The van der Waals surface area contributed by atoms with Crippen LogP contribution in [0.15, 0.2) is 79.3 Å². The standard InChI is InChI=1S/C25H13N7/c26-13-16-5-6-22-23(11-16)31-21-4-2-1-3-20(21)30-25(31)32(22)24-12-17(7-10-29-24)19-8-9-28-15-18(19)14-27/h1-12,15H. The van der Waals surface area contributed by atoms with Crippen molar-refractivity contribution >= 4 is 27.8 Å². The zero-order valence-electron chi connectivity index (χ0n) is 16.6. The number of para-hydroxylation sites is 2. The molecule has 7 nitrogen and oxygen atoms in total. The number of hydrogen-bond donors (Lipinski definition) is 0. The first-order valence-electron chi connectivity index (χ1n) is 9.91. The quantitative estimate of drug-likeness (QED) is 0.414. The van der Waals surface area contributed by atoms with Crippen molar-refractivity contribution in [1.29, 1.82) is 10.5 Å². The van der Waals surface area contributed by atoms with E-state index in [4.69, 9.17) is 4.98 Å². The highest BCUT2D eigenvalue weighted by Gasteiger charge is 2.18. The third-order valence-electron chi connectivity index (χ3n) is 5.56. The van der Waals surface area contributed by atoms with E-state index in [1.807, 2.05) is 63.6 Å². The lowest BCUT2D eigenvalue weighted by atomic mass is 10.0. The fourth-order valence-electron chi connectivity index (χ4n) is 4.14. The van der Waals surface area contributed by atoms with Crippen LogP contribution in [0.3, 0.4) is 0 Å². The molecule has 0 atom stereocenters. The molecule has 0 amide bonds. The zero-order valence-corrected chi connectivity index (χ0v) is 16.6. The van der Waals surface area contributed by atoms with E-state index in [9.17, 15) is 10.5 Å². The molecule has 0 fully saturated rings. The van der Waals surface area contributed by atoms with E-state index in [1.165, 1.54) is 0 Å². The SMILES string of the molecule is N#Cc1ccc2c(c1)n1c3ccccc3nc1n2-c1cc(-c2ccncc2C#N)ccn1. The van der Waals surface area contributed by atoms with Crippen molar-refractivity contribution in [3.05, 3.63) is 90.4 Å². The van der Waals surface area contributed by atoms with Gasteiger partial charge in [-0.2, -0.15) is 10.5 Å². The first-order valence-corrected chi connectivity index (χ1v) is 9.91. The van der Waals surface area contributed by atoms with Crippen molar-refractivity contribution in [2.45, 2.75) is 0 Å². The minimum atomic E-state index is 0.498. The predicted molar refractivity (Wildman–Crippen MR) is 120 cm³/mol. The molecule has 0 radical (unpaired) electrons. The van der Waals surface area contributed by atoms with Gasteiger partial charge in [-0.3, -0.25) is 14.0 Å². The highest BCUT2D eigenvalue weighted by molar-refractivity contribution is 5.92. The summed E-state index contributed by atoms with van der Waals surface area (Å²) in [6, 6.07) is 23.5. The average molecular weight is 411 g/mol. The monoisotopic (exact) mass is 411 g/mol. The minimum Gasteiger partial charge on any atom is -0.276 e. The number of rotatable bonds is 2. The molecule has 0 unspecified atom stereocenters. The molecule has 0 saturated heterocycles. The fraction of sp³-hybridized carbons (Fsp3) is 0. The number of pyridine rings is 2. The number of benzene rings is 2. The summed E-state index contributed by atoms with van der Waals surface area (Å²) in [6.07, 6.45) is 4.95. The van der Waals surface area contributed by atoms with Crippen LogP contribution in [0.4, 0.5) is 0 Å². The van der Waals surface area contributed by atoms with Gasteiger partial charge in [-0.05, 0) is 54.1 Å². The summed E-state index contributed by atoms with van der Waals surface area (Å²) in [5.74, 6) is 1.37. The number of imidazole rings is 2. The van der Waals surface area contributed by atoms with Crippen molar-refractivity contribution in [3.63, 3.8) is 0 Å². The maximum absolute atomic E-state index is 9.50. The average Bonchev–Trinajstić information content (AvgIpc) is 3.38. The lowest BCUT2D eigenvalue weighted by Crippen LogP contribution is -1.99. The normalized spacial score (nSPS) is 11.1. The highest BCUT2D eigenvalue weighted by Crippen LogP contribution is 2.31. The molecule has 32 heavy (non-hydrogen) atoms. The Morgan fingerprint density at radius 2 is 1.72 bits per heavy atom. The van der Waals surface area contributed by atoms with E-state index in [0.29, 0.717) is 22.7 Å². The van der Waals surface area contributed by atoms with Crippen LogP contribution in [0.5, 0.6) is 0 Å². The van der Waals surface area contributed by atoms with Crippen molar-refractivity contribution in [1.82, 2.24) is 23.9 Å². The molecular weight excluding hydrogens is 398 g/mol. The zero-order chi connectivity index (χ0) is 21.7. The van der Waals surface area contributed by atoms with E-state index in [0.717, 1.165) is 33.2 Å². The van der Waals surface area contributed by atoms with Crippen molar-refractivity contribution in [2.24, 2.45) is 0 Å². The number of fused-ring (bicyclic) bond motifs is 5. The molecule has 0 aliphatic heterocycles. The summed E-state index contributed by atoms with van der Waals surface area (Å²) < 4.78 is 4.03. The molecule has 0 N–H and O–H groups in total. The molecule has 4 heterocycles. The maximum Gasteiger partial charge on any atom is 0.221 e. The van der Waals surface area contributed by atoms with Crippen LogP contribution in [0.2, 0.25) is 0 Å². The van der Waals surface area contributed by atoms with Gasteiger partial charge in [-0.25, -0.2) is 9.97 Å². The lowest BCUT2D eigenvalue weighted by Gasteiger charge is -2.08. The van der Waals surface area contributed by atoms with Gasteiger partial charge in [0.05, 0.1) is 39.3 Å². The summed E-state index contributed by atoms with van der Waals surface area (Å²) in [4.78, 5) is 13.5. The Balaban J connectivity index is 1.70. The molecule has 6 rings (SSSR count). The topological polar surface area (TPSA) is 95.6 Å².